The third kappa shape index (κ3) is 4.16. The second-order valence-electron chi connectivity index (χ2n) is 4.71. The Hall–Kier alpha value is -2.43. The fourth-order valence-corrected chi connectivity index (χ4v) is 3.53. The number of thioether (sulfide) groups is 1. The molecule has 128 valence electrons. The Bertz CT molecular complexity index is 908. The van der Waals surface area contributed by atoms with E-state index in [-0.39, 0.29) is 17.2 Å². The van der Waals surface area contributed by atoms with Gasteiger partial charge in [-0.3, -0.25) is 9.59 Å². The minimum Gasteiger partial charge on any atom is -0.366 e. The van der Waals surface area contributed by atoms with Crippen LogP contribution in [0.2, 0.25) is 5.02 Å². The molecule has 0 fully saturated rings. The van der Waals surface area contributed by atoms with Crippen LogP contribution in [0.15, 0.2) is 40.9 Å². The number of thiophene rings is 1. The van der Waals surface area contributed by atoms with E-state index in [0.29, 0.717) is 15.2 Å². The zero-order valence-electron chi connectivity index (χ0n) is 12.5. The van der Waals surface area contributed by atoms with Crippen LogP contribution in [0.4, 0.5) is 5.00 Å². The SMILES string of the molecule is NC(=O)c1ccsc1NC(=O)CSc1nnnn1-c1ccc(Cl)cc1. The number of nitrogens with two attached hydrogens (primary N) is 1. The molecule has 2 heterocycles. The standard InChI is InChI=1S/C14H11ClN6O2S2/c15-8-1-3-9(4-2-8)21-14(18-19-20-21)25-7-11(22)17-13-10(12(16)23)5-6-24-13/h1-6H,7H2,(H2,16,23)(H,17,22). The van der Waals surface area contributed by atoms with Gasteiger partial charge in [-0.1, -0.05) is 23.4 Å². The van der Waals surface area contributed by atoms with Crippen molar-refractivity contribution in [1.29, 1.82) is 0 Å². The number of primary amides is 1. The van der Waals surface area contributed by atoms with Crippen LogP contribution in [0.25, 0.3) is 5.69 Å². The molecule has 0 aliphatic rings. The lowest BCUT2D eigenvalue weighted by Crippen LogP contribution is -2.18. The van der Waals surface area contributed by atoms with Gasteiger partial charge >= 0.3 is 0 Å². The van der Waals surface area contributed by atoms with Crippen LogP contribution in [0, 0.1) is 0 Å². The quantitative estimate of drug-likeness (QED) is 0.619. The number of anilines is 1. The highest BCUT2D eigenvalue weighted by molar-refractivity contribution is 7.99. The number of nitrogens with zero attached hydrogens (tertiary/aromatic N) is 4. The van der Waals surface area contributed by atoms with E-state index in [1.807, 2.05) is 0 Å². The molecule has 0 bridgehead atoms. The molecule has 25 heavy (non-hydrogen) atoms. The van der Waals surface area contributed by atoms with Crippen molar-refractivity contribution >= 4 is 51.5 Å². The van der Waals surface area contributed by atoms with Gasteiger partial charge in [-0.25, -0.2) is 0 Å². The van der Waals surface area contributed by atoms with Gasteiger partial charge in [0.15, 0.2) is 0 Å². The number of hydrogen-bond donors (Lipinski definition) is 2. The number of aromatic nitrogens is 4. The van der Waals surface area contributed by atoms with E-state index in [9.17, 15) is 9.59 Å². The number of carbonyl (C=O) groups excluding carboxylic acids is 2. The molecule has 0 saturated carbocycles. The van der Waals surface area contributed by atoms with Crippen LogP contribution in [-0.2, 0) is 4.79 Å². The first kappa shape index (κ1) is 17.4. The summed E-state index contributed by atoms with van der Waals surface area (Å²) in [4.78, 5) is 23.4. The number of hydrogen-bond acceptors (Lipinski definition) is 7. The lowest BCUT2D eigenvalue weighted by atomic mass is 10.3. The van der Waals surface area contributed by atoms with Crippen molar-refractivity contribution < 1.29 is 9.59 Å². The molecule has 3 rings (SSSR count). The Morgan fingerprint density at radius 2 is 2.04 bits per heavy atom. The summed E-state index contributed by atoms with van der Waals surface area (Å²) in [5, 5.41) is 17.3. The smallest absolute Gasteiger partial charge is 0.251 e. The first-order chi connectivity index (χ1) is 12.0. The number of carbonyl (C=O) groups is 2. The lowest BCUT2D eigenvalue weighted by molar-refractivity contribution is -0.113. The van der Waals surface area contributed by atoms with Crippen LogP contribution in [0.5, 0.6) is 0 Å². The van der Waals surface area contributed by atoms with Crippen molar-refractivity contribution in [2.24, 2.45) is 5.73 Å². The molecule has 0 aliphatic carbocycles. The molecule has 0 saturated heterocycles. The monoisotopic (exact) mass is 394 g/mol. The molecule has 11 heteroatoms. The summed E-state index contributed by atoms with van der Waals surface area (Å²) in [7, 11) is 0. The molecule has 3 aromatic rings. The molecule has 2 amide bonds. The van der Waals surface area contributed by atoms with Gasteiger partial charge in [-0.05, 0) is 46.1 Å². The lowest BCUT2D eigenvalue weighted by Gasteiger charge is -2.05. The summed E-state index contributed by atoms with van der Waals surface area (Å²) in [6.45, 7) is 0. The molecule has 0 atom stereocenters. The maximum atomic E-state index is 12.1. The predicted octanol–water partition coefficient (Wildman–Crippen LogP) is 2.21. The molecular formula is C14H11ClN6O2S2. The van der Waals surface area contributed by atoms with Crippen molar-refractivity contribution in [3.63, 3.8) is 0 Å². The fourth-order valence-electron chi connectivity index (χ4n) is 1.91. The minimum atomic E-state index is -0.587. The minimum absolute atomic E-state index is 0.0735. The normalized spacial score (nSPS) is 10.6. The summed E-state index contributed by atoms with van der Waals surface area (Å²) in [5.41, 5.74) is 6.27. The average Bonchev–Trinajstić information content (AvgIpc) is 3.22. The highest BCUT2D eigenvalue weighted by Crippen LogP contribution is 2.24. The molecule has 0 aliphatic heterocycles. The Morgan fingerprint density at radius 3 is 2.76 bits per heavy atom. The van der Waals surface area contributed by atoms with Gasteiger partial charge in [0, 0.05) is 5.02 Å². The Kier molecular flexibility index (Phi) is 5.31. The molecule has 3 N–H and O–H groups in total. The molecular weight excluding hydrogens is 384 g/mol. The summed E-state index contributed by atoms with van der Waals surface area (Å²) in [5.74, 6) is -0.805. The Balaban J connectivity index is 1.65. The first-order valence-electron chi connectivity index (χ1n) is 6.89. The van der Waals surface area contributed by atoms with E-state index in [4.69, 9.17) is 17.3 Å². The third-order valence-corrected chi connectivity index (χ3v) is 5.03. The largest absolute Gasteiger partial charge is 0.366 e. The Labute approximate surface area is 155 Å². The number of halogens is 1. The van der Waals surface area contributed by atoms with Crippen molar-refractivity contribution in [2.75, 3.05) is 11.1 Å². The Morgan fingerprint density at radius 1 is 1.28 bits per heavy atom. The second-order valence-corrected chi connectivity index (χ2v) is 7.01. The number of benzene rings is 1. The van der Waals surface area contributed by atoms with Crippen molar-refractivity contribution in [2.45, 2.75) is 5.16 Å². The van der Waals surface area contributed by atoms with E-state index < -0.39 is 5.91 Å². The predicted molar refractivity (Wildman–Crippen MR) is 96.4 cm³/mol. The molecule has 0 radical (unpaired) electrons. The van der Waals surface area contributed by atoms with Gasteiger partial charge in [0.2, 0.25) is 11.1 Å². The van der Waals surface area contributed by atoms with E-state index >= 15 is 0 Å². The van der Waals surface area contributed by atoms with Gasteiger partial charge in [0.05, 0.1) is 17.0 Å². The first-order valence-corrected chi connectivity index (χ1v) is 9.13. The number of rotatable bonds is 6. The van der Waals surface area contributed by atoms with Gasteiger partial charge in [-0.2, -0.15) is 4.68 Å². The summed E-state index contributed by atoms with van der Waals surface area (Å²) in [6.07, 6.45) is 0. The molecule has 2 aromatic heterocycles. The van der Waals surface area contributed by atoms with E-state index in [1.54, 1.807) is 35.7 Å². The number of amides is 2. The average molecular weight is 395 g/mol. The maximum Gasteiger partial charge on any atom is 0.251 e. The zero-order chi connectivity index (χ0) is 17.8. The number of tetrazole rings is 1. The van der Waals surface area contributed by atoms with E-state index in [2.05, 4.69) is 20.8 Å². The topological polar surface area (TPSA) is 116 Å². The summed E-state index contributed by atoms with van der Waals surface area (Å²) in [6, 6.07) is 8.56. The summed E-state index contributed by atoms with van der Waals surface area (Å²) < 4.78 is 1.51. The van der Waals surface area contributed by atoms with Gasteiger partial charge in [-0.15, -0.1) is 16.4 Å². The number of nitrogens with one attached hydrogen (secondary N) is 1. The fraction of sp³-hybridized carbons (Fsp3) is 0.0714. The van der Waals surface area contributed by atoms with E-state index in [0.717, 1.165) is 5.69 Å². The van der Waals surface area contributed by atoms with Gasteiger partial charge in [0.25, 0.3) is 5.91 Å². The molecule has 0 spiro atoms. The van der Waals surface area contributed by atoms with Gasteiger partial charge in [0.1, 0.15) is 5.00 Å². The van der Waals surface area contributed by atoms with Crippen molar-refractivity contribution in [3.8, 4) is 5.69 Å². The molecule has 8 nitrogen and oxygen atoms in total. The third-order valence-electron chi connectivity index (χ3n) is 3.03. The van der Waals surface area contributed by atoms with Crippen LogP contribution in [0.1, 0.15) is 10.4 Å². The highest BCUT2D eigenvalue weighted by Gasteiger charge is 2.15. The van der Waals surface area contributed by atoms with Crippen molar-refractivity contribution in [3.05, 3.63) is 46.3 Å². The van der Waals surface area contributed by atoms with Crippen LogP contribution < -0.4 is 11.1 Å². The van der Waals surface area contributed by atoms with E-state index in [1.165, 1.54) is 27.8 Å². The second kappa shape index (κ2) is 7.64. The summed E-state index contributed by atoms with van der Waals surface area (Å²) >= 11 is 8.27. The molecule has 0 unspecified atom stereocenters. The maximum absolute atomic E-state index is 12.1. The highest BCUT2D eigenvalue weighted by atomic mass is 35.5. The van der Waals surface area contributed by atoms with Gasteiger partial charge < -0.3 is 11.1 Å². The van der Waals surface area contributed by atoms with Crippen LogP contribution in [-0.4, -0.2) is 37.8 Å². The van der Waals surface area contributed by atoms with Crippen molar-refractivity contribution in [1.82, 2.24) is 20.2 Å². The van der Waals surface area contributed by atoms with Crippen LogP contribution >= 0.6 is 34.7 Å². The molecule has 1 aromatic carbocycles. The zero-order valence-corrected chi connectivity index (χ0v) is 14.9. The van der Waals surface area contributed by atoms with Crippen LogP contribution in [0.3, 0.4) is 0 Å².